The van der Waals surface area contributed by atoms with Crippen LogP contribution in [0.15, 0.2) is 17.0 Å². The molecule has 2 atom stereocenters. The third kappa shape index (κ3) is 3.80. The number of nitrogens with one attached hydrogen (secondary N) is 1. The van der Waals surface area contributed by atoms with Crippen LogP contribution < -0.4 is 10.1 Å². The lowest BCUT2D eigenvalue weighted by molar-refractivity contribution is -0.134. The molecule has 0 saturated carbocycles. The zero-order valence-corrected chi connectivity index (χ0v) is 18.3. The van der Waals surface area contributed by atoms with Gasteiger partial charge in [-0.15, -0.1) is 0 Å². The minimum atomic E-state index is -3.88. The van der Waals surface area contributed by atoms with Crippen molar-refractivity contribution in [1.82, 2.24) is 9.21 Å². The van der Waals surface area contributed by atoms with Gasteiger partial charge in [0.25, 0.3) is 5.91 Å². The van der Waals surface area contributed by atoms with Gasteiger partial charge in [-0.2, -0.15) is 4.31 Å². The SMILES string of the molecule is Cc1cc2c(cc1S(=O)(=O)N1CCCC1C(=O)N1CCCCCC1)OC(C)C(=O)N2. The van der Waals surface area contributed by atoms with Crippen LogP contribution in [-0.2, 0) is 19.6 Å². The van der Waals surface area contributed by atoms with Crippen molar-refractivity contribution in [2.24, 2.45) is 0 Å². The van der Waals surface area contributed by atoms with Crippen LogP contribution >= 0.6 is 0 Å². The molecule has 30 heavy (non-hydrogen) atoms. The highest BCUT2D eigenvalue weighted by Gasteiger charge is 2.42. The highest BCUT2D eigenvalue weighted by molar-refractivity contribution is 7.89. The summed E-state index contributed by atoms with van der Waals surface area (Å²) in [6, 6.07) is 2.44. The normalized spacial score (nSPS) is 25.3. The first-order valence-corrected chi connectivity index (χ1v) is 12.2. The van der Waals surface area contributed by atoms with Crippen LogP contribution in [0.5, 0.6) is 5.75 Å². The third-order valence-corrected chi connectivity index (χ3v) is 8.25. The Morgan fingerprint density at radius 3 is 2.50 bits per heavy atom. The Hall–Kier alpha value is -2.13. The van der Waals surface area contributed by atoms with Crippen molar-refractivity contribution in [3.05, 3.63) is 17.7 Å². The quantitative estimate of drug-likeness (QED) is 0.786. The summed E-state index contributed by atoms with van der Waals surface area (Å²) in [5.74, 6) is -0.00764. The molecule has 0 aliphatic carbocycles. The average molecular weight is 436 g/mol. The second-order valence-electron chi connectivity index (χ2n) is 8.38. The number of carbonyl (C=O) groups excluding carboxylic acids is 2. The Labute approximate surface area is 177 Å². The number of amides is 2. The van der Waals surface area contributed by atoms with E-state index in [1.165, 1.54) is 10.4 Å². The molecule has 2 amide bonds. The number of carbonyl (C=O) groups is 2. The summed E-state index contributed by atoms with van der Waals surface area (Å²) in [7, 11) is -3.88. The lowest BCUT2D eigenvalue weighted by Gasteiger charge is -2.30. The first-order valence-electron chi connectivity index (χ1n) is 10.7. The smallest absolute Gasteiger partial charge is 0.265 e. The van der Waals surface area contributed by atoms with Crippen LogP contribution in [0.4, 0.5) is 5.69 Å². The first-order chi connectivity index (χ1) is 14.3. The molecule has 8 nitrogen and oxygen atoms in total. The van der Waals surface area contributed by atoms with E-state index in [-0.39, 0.29) is 16.7 Å². The van der Waals surface area contributed by atoms with Crippen molar-refractivity contribution >= 4 is 27.5 Å². The van der Waals surface area contributed by atoms with Gasteiger partial charge in [-0.3, -0.25) is 9.59 Å². The van der Waals surface area contributed by atoms with Gasteiger partial charge >= 0.3 is 0 Å². The number of hydrogen-bond donors (Lipinski definition) is 1. The Balaban J connectivity index is 1.63. The van der Waals surface area contributed by atoms with E-state index >= 15 is 0 Å². The molecular weight excluding hydrogens is 406 g/mol. The van der Waals surface area contributed by atoms with Crippen LogP contribution in [0.25, 0.3) is 0 Å². The van der Waals surface area contributed by atoms with Gasteiger partial charge in [0.15, 0.2) is 6.10 Å². The zero-order valence-electron chi connectivity index (χ0n) is 17.5. The number of ether oxygens (including phenoxy) is 1. The molecule has 2 fully saturated rings. The highest BCUT2D eigenvalue weighted by Crippen LogP contribution is 2.37. The van der Waals surface area contributed by atoms with Crippen LogP contribution in [0.2, 0.25) is 0 Å². The van der Waals surface area contributed by atoms with E-state index in [9.17, 15) is 18.0 Å². The lowest BCUT2D eigenvalue weighted by atomic mass is 10.1. The largest absolute Gasteiger partial charge is 0.479 e. The molecule has 9 heteroatoms. The number of sulfonamides is 1. The molecule has 3 aliphatic heterocycles. The number of rotatable bonds is 3. The summed E-state index contributed by atoms with van der Waals surface area (Å²) in [5, 5.41) is 2.74. The van der Waals surface area contributed by atoms with Gasteiger partial charge in [0.05, 0.1) is 10.6 Å². The molecule has 1 aromatic rings. The van der Waals surface area contributed by atoms with E-state index < -0.39 is 22.2 Å². The Morgan fingerprint density at radius 1 is 1.10 bits per heavy atom. The molecule has 1 aromatic carbocycles. The third-order valence-electron chi connectivity index (χ3n) is 6.20. The van der Waals surface area contributed by atoms with E-state index in [1.807, 2.05) is 4.90 Å². The van der Waals surface area contributed by atoms with Crippen LogP contribution in [-0.4, -0.2) is 61.2 Å². The molecule has 0 bridgehead atoms. The minimum absolute atomic E-state index is 0.0780. The van der Waals surface area contributed by atoms with Gasteiger partial charge in [0.1, 0.15) is 11.8 Å². The summed E-state index contributed by atoms with van der Waals surface area (Å²) < 4.78 is 34.1. The van der Waals surface area contributed by atoms with Crippen LogP contribution in [0.3, 0.4) is 0 Å². The average Bonchev–Trinajstić information content (AvgIpc) is 3.05. The monoisotopic (exact) mass is 435 g/mol. The molecule has 0 aromatic heterocycles. The first kappa shape index (κ1) is 21.1. The van der Waals surface area contributed by atoms with E-state index in [1.54, 1.807) is 19.9 Å². The van der Waals surface area contributed by atoms with Gasteiger partial charge in [0, 0.05) is 25.7 Å². The number of hydrogen-bond acceptors (Lipinski definition) is 5. The van der Waals surface area contributed by atoms with Crippen molar-refractivity contribution in [3.8, 4) is 5.75 Å². The molecule has 2 unspecified atom stereocenters. The highest BCUT2D eigenvalue weighted by atomic mass is 32.2. The maximum Gasteiger partial charge on any atom is 0.265 e. The molecule has 0 radical (unpaired) electrons. The summed E-state index contributed by atoms with van der Waals surface area (Å²) in [4.78, 5) is 27.0. The predicted molar refractivity (Wildman–Crippen MR) is 112 cm³/mol. The molecule has 1 N–H and O–H groups in total. The van der Waals surface area contributed by atoms with Crippen molar-refractivity contribution in [3.63, 3.8) is 0 Å². The zero-order chi connectivity index (χ0) is 21.5. The van der Waals surface area contributed by atoms with Crippen molar-refractivity contribution < 1.29 is 22.7 Å². The second kappa shape index (κ2) is 8.19. The molecule has 3 heterocycles. The van der Waals surface area contributed by atoms with E-state index in [0.29, 0.717) is 49.5 Å². The summed E-state index contributed by atoms with van der Waals surface area (Å²) in [5.41, 5.74) is 0.980. The minimum Gasteiger partial charge on any atom is -0.479 e. The molecular formula is C21H29N3O5S. The standard InChI is InChI=1S/C21H29N3O5S/c1-14-12-16-18(29-15(2)20(25)22-16)13-19(14)30(27,28)24-11-7-8-17(24)21(26)23-9-5-3-4-6-10-23/h12-13,15,17H,3-11H2,1-2H3,(H,22,25). The van der Waals surface area contributed by atoms with Crippen molar-refractivity contribution in [2.75, 3.05) is 25.0 Å². The Bertz CT molecular complexity index is 954. The number of likely N-dealkylation sites (tertiary alicyclic amines) is 1. The molecule has 2 saturated heterocycles. The van der Waals surface area contributed by atoms with Gasteiger partial charge in [-0.1, -0.05) is 12.8 Å². The number of aryl methyl sites for hydroxylation is 1. The Morgan fingerprint density at radius 2 is 1.80 bits per heavy atom. The topological polar surface area (TPSA) is 96.0 Å². The summed E-state index contributed by atoms with van der Waals surface area (Å²) in [6.45, 7) is 5.04. The maximum atomic E-state index is 13.6. The number of fused-ring (bicyclic) bond motifs is 1. The van der Waals surface area contributed by atoms with E-state index in [0.717, 1.165) is 25.7 Å². The lowest BCUT2D eigenvalue weighted by Crippen LogP contribution is -2.48. The molecule has 4 rings (SSSR count). The van der Waals surface area contributed by atoms with E-state index in [2.05, 4.69) is 5.32 Å². The maximum absolute atomic E-state index is 13.6. The van der Waals surface area contributed by atoms with Gasteiger partial charge in [-0.25, -0.2) is 8.42 Å². The van der Waals surface area contributed by atoms with Crippen molar-refractivity contribution in [2.45, 2.75) is 69.4 Å². The molecule has 0 spiro atoms. The fraction of sp³-hybridized carbons (Fsp3) is 0.619. The number of nitrogens with zero attached hydrogens (tertiary/aromatic N) is 2. The molecule has 164 valence electrons. The second-order valence-corrected chi connectivity index (χ2v) is 10.2. The Kier molecular flexibility index (Phi) is 5.76. The summed E-state index contributed by atoms with van der Waals surface area (Å²) >= 11 is 0. The van der Waals surface area contributed by atoms with Gasteiger partial charge in [0.2, 0.25) is 15.9 Å². The fourth-order valence-corrected chi connectivity index (χ4v) is 6.40. The fourth-order valence-electron chi connectivity index (χ4n) is 4.52. The predicted octanol–water partition coefficient (Wildman–Crippen LogP) is 2.27. The van der Waals surface area contributed by atoms with Crippen LogP contribution in [0, 0.1) is 6.92 Å². The van der Waals surface area contributed by atoms with Crippen LogP contribution in [0.1, 0.15) is 51.0 Å². The molecule has 3 aliphatic rings. The van der Waals surface area contributed by atoms with Gasteiger partial charge in [-0.05, 0) is 51.2 Å². The number of anilines is 1. The number of benzene rings is 1. The van der Waals surface area contributed by atoms with Crippen molar-refractivity contribution in [1.29, 1.82) is 0 Å². The van der Waals surface area contributed by atoms with E-state index in [4.69, 9.17) is 4.74 Å². The summed E-state index contributed by atoms with van der Waals surface area (Å²) in [6.07, 6.45) is 4.67. The van der Waals surface area contributed by atoms with Gasteiger partial charge < -0.3 is 15.0 Å².